The van der Waals surface area contributed by atoms with Crippen LogP contribution in [-0.2, 0) is 10.0 Å². The predicted octanol–water partition coefficient (Wildman–Crippen LogP) is 0.0552. The second kappa shape index (κ2) is 3.93. The molecule has 0 atom stereocenters. The second-order valence-electron chi connectivity index (χ2n) is 2.80. The van der Waals surface area contributed by atoms with Crippen molar-refractivity contribution < 1.29 is 13.3 Å². The van der Waals surface area contributed by atoms with Crippen molar-refractivity contribution in [3.63, 3.8) is 0 Å². The molecular weight excluding hydrogens is 222 g/mol. The highest BCUT2D eigenvalue weighted by Gasteiger charge is 2.26. The minimum Gasteiger partial charge on any atom is -0.258 e. The highest BCUT2D eigenvalue weighted by atomic mass is 32.2. The number of aryl methyl sites for hydroxylation is 1. The number of nitrogens with one attached hydrogen (secondary N) is 1. The van der Waals surface area contributed by atoms with Crippen molar-refractivity contribution in [2.75, 3.05) is 0 Å². The van der Waals surface area contributed by atoms with Gasteiger partial charge in [0.2, 0.25) is 0 Å². The Morgan fingerprint density at radius 2 is 2.07 bits per heavy atom. The van der Waals surface area contributed by atoms with Crippen molar-refractivity contribution in [1.82, 2.24) is 4.83 Å². The van der Waals surface area contributed by atoms with Crippen molar-refractivity contribution in [3.05, 3.63) is 33.9 Å². The molecule has 0 saturated carbocycles. The van der Waals surface area contributed by atoms with E-state index in [2.05, 4.69) is 0 Å². The molecule has 7 nitrogen and oxygen atoms in total. The van der Waals surface area contributed by atoms with Crippen molar-refractivity contribution in [3.8, 4) is 0 Å². The third kappa shape index (κ3) is 2.12. The van der Waals surface area contributed by atoms with E-state index in [0.29, 0.717) is 0 Å². The minimum atomic E-state index is -4.01. The Hall–Kier alpha value is -1.51. The third-order valence-corrected chi connectivity index (χ3v) is 3.05. The van der Waals surface area contributed by atoms with Gasteiger partial charge in [-0.1, -0.05) is 12.1 Å². The molecule has 0 aliphatic carbocycles. The zero-order valence-electron chi connectivity index (χ0n) is 7.80. The lowest BCUT2D eigenvalue weighted by molar-refractivity contribution is -0.388. The van der Waals surface area contributed by atoms with E-state index < -0.39 is 25.5 Å². The quantitative estimate of drug-likeness (QED) is 0.433. The van der Waals surface area contributed by atoms with E-state index in [1.165, 1.54) is 19.1 Å². The number of nitro groups is 1. The van der Waals surface area contributed by atoms with Crippen LogP contribution < -0.4 is 10.7 Å². The highest BCUT2D eigenvalue weighted by molar-refractivity contribution is 7.89. The number of hydrogen-bond acceptors (Lipinski definition) is 5. The van der Waals surface area contributed by atoms with Gasteiger partial charge in [-0.15, -0.1) is 4.83 Å². The molecule has 3 N–H and O–H groups in total. The minimum absolute atomic E-state index is 0.260. The van der Waals surface area contributed by atoms with Crippen LogP contribution in [0, 0.1) is 17.0 Å². The first-order valence-corrected chi connectivity index (χ1v) is 5.35. The van der Waals surface area contributed by atoms with Crippen molar-refractivity contribution >= 4 is 15.7 Å². The first-order chi connectivity index (χ1) is 6.90. The number of hydrogen-bond donors (Lipinski definition) is 2. The van der Waals surface area contributed by atoms with Crippen LogP contribution in [0.4, 0.5) is 5.69 Å². The monoisotopic (exact) mass is 231 g/mol. The van der Waals surface area contributed by atoms with Crippen LogP contribution in [0.15, 0.2) is 23.1 Å². The maximum absolute atomic E-state index is 11.3. The van der Waals surface area contributed by atoms with Crippen molar-refractivity contribution in [2.45, 2.75) is 11.8 Å². The molecule has 1 aromatic carbocycles. The first-order valence-electron chi connectivity index (χ1n) is 3.86. The van der Waals surface area contributed by atoms with E-state index in [0.717, 1.165) is 6.07 Å². The Morgan fingerprint density at radius 1 is 1.47 bits per heavy atom. The fourth-order valence-electron chi connectivity index (χ4n) is 1.15. The van der Waals surface area contributed by atoms with Crippen LogP contribution in [0.3, 0.4) is 0 Å². The summed E-state index contributed by atoms with van der Waals surface area (Å²) in [5.41, 5.74) is -0.202. The van der Waals surface area contributed by atoms with Gasteiger partial charge >= 0.3 is 0 Å². The van der Waals surface area contributed by atoms with Gasteiger partial charge in [0.25, 0.3) is 15.7 Å². The molecule has 0 heterocycles. The van der Waals surface area contributed by atoms with Gasteiger partial charge in [-0.3, -0.25) is 16.0 Å². The standard InChI is InChI=1S/C7H9N3O4S/c1-5-3-2-4-6(7(5)10(11)12)15(13,14)9-8/h2-4,9H,8H2,1H3. The zero-order valence-corrected chi connectivity index (χ0v) is 8.61. The number of rotatable bonds is 3. The summed E-state index contributed by atoms with van der Waals surface area (Å²) >= 11 is 0. The van der Waals surface area contributed by atoms with E-state index in [1.54, 1.807) is 4.83 Å². The van der Waals surface area contributed by atoms with Gasteiger partial charge in [-0.2, -0.15) is 0 Å². The summed E-state index contributed by atoms with van der Waals surface area (Å²) in [5.74, 6) is 4.80. The van der Waals surface area contributed by atoms with Crippen molar-refractivity contribution in [2.24, 2.45) is 5.84 Å². The molecule has 1 aromatic rings. The summed E-state index contributed by atoms with van der Waals surface area (Å²) < 4.78 is 22.7. The van der Waals surface area contributed by atoms with Gasteiger partial charge in [-0.25, -0.2) is 8.42 Å². The molecule has 0 aromatic heterocycles. The van der Waals surface area contributed by atoms with E-state index in [9.17, 15) is 18.5 Å². The number of para-hydroxylation sites is 1. The summed E-state index contributed by atoms with van der Waals surface area (Å²) in [5, 5.41) is 10.7. The molecule has 0 saturated heterocycles. The van der Waals surface area contributed by atoms with Crippen LogP contribution >= 0.6 is 0 Å². The summed E-state index contributed by atoms with van der Waals surface area (Å²) in [4.78, 5) is 11.0. The largest absolute Gasteiger partial charge is 0.292 e. The van der Waals surface area contributed by atoms with Crippen LogP contribution in [0.5, 0.6) is 0 Å². The van der Waals surface area contributed by atoms with Crippen LogP contribution in [0.25, 0.3) is 0 Å². The van der Waals surface area contributed by atoms with Crippen LogP contribution in [0.1, 0.15) is 5.56 Å². The second-order valence-corrected chi connectivity index (χ2v) is 4.48. The van der Waals surface area contributed by atoms with E-state index >= 15 is 0 Å². The first kappa shape index (κ1) is 11.6. The summed E-state index contributed by atoms with van der Waals surface area (Å²) in [7, 11) is -4.01. The molecule has 0 unspecified atom stereocenters. The number of benzene rings is 1. The SMILES string of the molecule is Cc1cccc(S(=O)(=O)NN)c1[N+](=O)[O-]. The Labute approximate surface area is 86.1 Å². The third-order valence-electron chi connectivity index (χ3n) is 1.83. The predicted molar refractivity (Wildman–Crippen MR) is 52.3 cm³/mol. The van der Waals surface area contributed by atoms with Gasteiger partial charge in [0, 0.05) is 5.56 Å². The average molecular weight is 231 g/mol. The van der Waals surface area contributed by atoms with E-state index in [1.807, 2.05) is 0 Å². The number of sulfonamides is 1. The topological polar surface area (TPSA) is 115 Å². The highest BCUT2D eigenvalue weighted by Crippen LogP contribution is 2.26. The smallest absolute Gasteiger partial charge is 0.258 e. The summed E-state index contributed by atoms with van der Waals surface area (Å²) in [6.07, 6.45) is 0. The lowest BCUT2D eigenvalue weighted by Gasteiger charge is -2.04. The summed E-state index contributed by atoms with van der Waals surface area (Å²) in [6.45, 7) is 1.45. The lowest BCUT2D eigenvalue weighted by Crippen LogP contribution is -2.30. The Kier molecular flexibility index (Phi) is 3.03. The molecule has 0 aliphatic rings. The number of nitrogens with two attached hydrogens (primary N) is 1. The lowest BCUT2D eigenvalue weighted by atomic mass is 10.2. The molecule has 0 aliphatic heterocycles. The Morgan fingerprint density at radius 3 is 2.53 bits per heavy atom. The van der Waals surface area contributed by atoms with Crippen LogP contribution in [0.2, 0.25) is 0 Å². The fraction of sp³-hybridized carbons (Fsp3) is 0.143. The van der Waals surface area contributed by atoms with Crippen LogP contribution in [-0.4, -0.2) is 13.3 Å². The van der Waals surface area contributed by atoms with Crippen molar-refractivity contribution in [1.29, 1.82) is 0 Å². The molecule has 0 amide bonds. The molecule has 0 fully saturated rings. The Balaban J connectivity index is 3.57. The van der Waals surface area contributed by atoms with Gasteiger partial charge < -0.3 is 0 Å². The molecule has 0 spiro atoms. The van der Waals surface area contributed by atoms with Gasteiger partial charge in [-0.05, 0) is 13.0 Å². The zero-order chi connectivity index (χ0) is 11.6. The summed E-state index contributed by atoms with van der Waals surface area (Å²) in [6, 6.07) is 3.99. The Bertz CT molecular complexity index is 497. The fourth-order valence-corrected chi connectivity index (χ4v) is 2.02. The van der Waals surface area contributed by atoms with E-state index in [-0.39, 0.29) is 5.56 Å². The van der Waals surface area contributed by atoms with Gasteiger partial charge in [0.1, 0.15) is 0 Å². The molecule has 8 heteroatoms. The number of hydrazine groups is 1. The molecule has 0 radical (unpaired) electrons. The normalized spacial score (nSPS) is 11.3. The molecular formula is C7H9N3O4S. The molecule has 82 valence electrons. The number of nitrogens with zero attached hydrogens (tertiary/aromatic N) is 1. The molecule has 1 rings (SSSR count). The van der Waals surface area contributed by atoms with Gasteiger partial charge in [0.15, 0.2) is 4.90 Å². The average Bonchev–Trinajstić information content (AvgIpc) is 2.16. The van der Waals surface area contributed by atoms with Gasteiger partial charge in [0.05, 0.1) is 4.92 Å². The van der Waals surface area contributed by atoms with E-state index in [4.69, 9.17) is 5.84 Å². The maximum atomic E-state index is 11.3. The molecule has 0 bridgehead atoms. The molecule has 15 heavy (non-hydrogen) atoms. The number of nitro benzene ring substituents is 1. The maximum Gasteiger partial charge on any atom is 0.292 e.